The summed E-state index contributed by atoms with van der Waals surface area (Å²) in [5.74, 6) is 0.666. The maximum atomic E-state index is 12.4. The van der Waals surface area contributed by atoms with Crippen LogP contribution in [0.5, 0.6) is 11.5 Å². The minimum Gasteiger partial charge on any atom is -0.493 e. The highest BCUT2D eigenvalue weighted by molar-refractivity contribution is 6.05. The Balaban J connectivity index is 1.38. The molecule has 0 spiro atoms. The summed E-state index contributed by atoms with van der Waals surface area (Å²) >= 11 is 0. The fraction of sp³-hybridized carbons (Fsp3) is 0.500. The number of amides is 3. The molecule has 1 aromatic rings. The number of hydrogen-bond donors (Lipinski definition) is 1. The maximum Gasteiger partial charge on any atom is 0.233 e. The Bertz CT molecular complexity index is 778. The van der Waals surface area contributed by atoms with Crippen LogP contribution in [0.3, 0.4) is 0 Å². The zero-order chi connectivity index (χ0) is 20.8. The third-order valence-corrected chi connectivity index (χ3v) is 5.57. The Morgan fingerprint density at radius 1 is 1.07 bits per heavy atom. The van der Waals surface area contributed by atoms with Crippen molar-refractivity contribution < 1.29 is 23.9 Å². The molecule has 156 valence electrons. The first-order valence-corrected chi connectivity index (χ1v) is 10.0. The number of fused-ring (bicyclic) bond motifs is 1. The molecular weight excluding hydrogens is 372 g/mol. The lowest BCUT2D eigenvalue weighted by Crippen LogP contribution is -2.33. The first-order valence-electron chi connectivity index (χ1n) is 10.0. The number of ether oxygens (including phenoxy) is 2. The molecule has 0 saturated carbocycles. The smallest absolute Gasteiger partial charge is 0.233 e. The van der Waals surface area contributed by atoms with Crippen molar-refractivity contribution in [3.05, 3.63) is 35.9 Å². The van der Waals surface area contributed by atoms with Gasteiger partial charge in [-0.3, -0.25) is 19.3 Å². The van der Waals surface area contributed by atoms with Crippen LogP contribution in [0.15, 0.2) is 30.4 Å². The molecule has 7 nitrogen and oxygen atoms in total. The van der Waals surface area contributed by atoms with Crippen LogP contribution in [-0.2, 0) is 20.8 Å². The van der Waals surface area contributed by atoms with Crippen LogP contribution in [0.1, 0.15) is 31.2 Å². The van der Waals surface area contributed by atoms with E-state index in [-0.39, 0.29) is 36.0 Å². The third-order valence-electron chi connectivity index (χ3n) is 5.57. The van der Waals surface area contributed by atoms with E-state index in [9.17, 15) is 14.4 Å². The summed E-state index contributed by atoms with van der Waals surface area (Å²) in [6.07, 6.45) is 6.67. The van der Waals surface area contributed by atoms with Crippen molar-refractivity contribution in [1.29, 1.82) is 0 Å². The van der Waals surface area contributed by atoms with Gasteiger partial charge >= 0.3 is 0 Å². The molecule has 0 radical (unpaired) electrons. The van der Waals surface area contributed by atoms with Gasteiger partial charge in [0.15, 0.2) is 11.5 Å². The summed E-state index contributed by atoms with van der Waals surface area (Å²) in [7, 11) is 3.18. The molecule has 1 N–H and O–H groups in total. The van der Waals surface area contributed by atoms with E-state index in [2.05, 4.69) is 5.32 Å². The second-order valence-corrected chi connectivity index (χ2v) is 7.38. The Morgan fingerprint density at radius 3 is 2.34 bits per heavy atom. The highest BCUT2D eigenvalue weighted by Gasteiger charge is 2.46. The molecular formula is C22H28N2O5. The Hall–Kier alpha value is -2.83. The molecule has 29 heavy (non-hydrogen) atoms. The van der Waals surface area contributed by atoms with Gasteiger partial charge in [-0.1, -0.05) is 18.2 Å². The molecule has 1 aliphatic heterocycles. The molecule has 2 aliphatic rings. The van der Waals surface area contributed by atoms with E-state index in [0.717, 1.165) is 5.56 Å². The quantitative estimate of drug-likeness (QED) is 0.507. The lowest BCUT2D eigenvalue weighted by molar-refractivity contribution is -0.140. The van der Waals surface area contributed by atoms with Crippen molar-refractivity contribution in [3.63, 3.8) is 0 Å². The van der Waals surface area contributed by atoms with E-state index in [1.54, 1.807) is 14.2 Å². The lowest BCUT2D eigenvalue weighted by atomic mass is 9.85. The SMILES string of the molecule is COc1ccc(CCNC(=O)CCCN2C(=O)[C@H]3CC=CC[C@@H]3C2=O)cc1OC. The van der Waals surface area contributed by atoms with Crippen molar-refractivity contribution >= 4 is 17.7 Å². The predicted octanol–water partition coefficient (Wildman–Crippen LogP) is 2.09. The van der Waals surface area contributed by atoms with E-state index in [1.807, 2.05) is 30.4 Å². The highest BCUT2D eigenvalue weighted by Crippen LogP contribution is 2.35. The summed E-state index contributed by atoms with van der Waals surface area (Å²) in [5, 5.41) is 2.89. The molecule has 3 rings (SSSR count). The van der Waals surface area contributed by atoms with Crippen molar-refractivity contribution in [1.82, 2.24) is 10.2 Å². The Kier molecular flexibility index (Phi) is 6.90. The van der Waals surface area contributed by atoms with E-state index in [1.165, 1.54) is 4.90 Å². The van der Waals surface area contributed by atoms with Gasteiger partial charge in [0.2, 0.25) is 17.7 Å². The fourth-order valence-electron chi connectivity index (χ4n) is 3.96. The van der Waals surface area contributed by atoms with Crippen molar-refractivity contribution in [3.8, 4) is 11.5 Å². The molecule has 1 fully saturated rings. The number of benzene rings is 1. The van der Waals surface area contributed by atoms with Gasteiger partial charge in [-0.05, 0) is 43.4 Å². The lowest BCUT2D eigenvalue weighted by Gasteiger charge is -2.14. The molecule has 1 heterocycles. The van der Waals surface area contributed by atoms with Crippen LogP contribution in [0.2, 0.25) is 0 Å². The zero-order valence-electron chi connectivity index (χ0n) is 17.0. The molecule has 1 saturated heterocycles. The van der Waals surface area contributed by atoms with E-state index in [0.29, 0.717) is 50.3 Å². The van der Waals surface area contributed by atoms with Gasteiger partial charge in [0.25, 0.3) is 0 Å². The van der Waals surface area contributed by atoms with Crippen LogP contribution in [0, 0.1) is 11.8 Å². The van der Waals surface area contributed by atoms with Gasteiger partial charge < -0.3 is 14.8 Å². The van der Waals surface area contributed by atoms with Gasteiger partial charge in [-0.25, -0.2) is 0 Å². The number of hydrogen-bond acceptors (Lipinski definition) is 5. The van der Waals surface area contributed by atoms with Crippen LogP contribution in [0.4, 0.5) is 0 Å². The van der Waals surface area contributed by atoms with Crippen molar-refractivity contribution in [2.75, 3.05) is 27.3 Å². The minimum absolute atomic E-state index is 0.0799. The minimum atomic E-state index is -0.206. The second-order valence-electron chi connectivity index (χ2n) is 7.38. The van der Waals surface area contributed by atoms with E-state index >= 15 is 0 Å². The van der Waals surface area contributed by atoms with Gasteiger partial charge in [-0.2, -0.15) is 0 Å². The molecule has 0 bridgehead atoms. The highest BCUT2D eigenvalue weighted by atomic mass is 16.5. The number of likely N-dealkylation sites (tertiary alicyclic amines) is 1. The number of rotatable bonds is 9. The van der Waals surface area contributed by atoms with E-state index < -0.39 is 0 Å². The molecule has 1 aliphatic carbocycles. The van der Waals surface area contributed by atoms with Gasteiger partial charge in [0.1, 0.15) is 0 Å². The summed E-state index contributed by atoms with van der Waals surface area (Å²) < 4.78 is 10.5. The van der Waals surface area contributed by atoms with Gasteiger partial charge in [-0.15, -0.1) is 0 Å². The van der Waals surface area contributed by atoms with Crippen LogP contribution >= 0.6 is 0 Å². The molecule has 2 atom stereocenters. The average molecular weight is 400 g/mol. The number of imide groups is 1. The number of allylic oxidation sites excluding steroid dienone is 2. The summed E-state index contributed by atoms with van der Waals surface area (Å²) in [4.78, 5) is 38.2. The molecule has 1 aromatic carbocycles. The summed E-state index contributed by atoms with van der Waals surface area (Å²) in [5.41, 5.74) is 1.03. The van der Waals surface area contributed by atoms with Crippen LogP contribution < -0.4 is 14.8 Å². The number of methoxy groups -OCH3 is 2. The molecule has 0 unspecified atom stereocenters. The Labute approximate surface area is 171 Å². The normalized spacial score (nSPS) is 20.6. The predicted molar refractivity (Wildman–Crippen MR) is 108 cm³/mol. The third kappa shape index (κ3) is 4.78. The number of nitrogens with one attached hydrogen (secondary N) is 1. The zero-order valence-corrected chi connectivity index (χ0v) is 17.0. The number of carbonyl (C=O) groups is 3. The summed E-state index contributed by atoms with van der Waals surface area (Å²) in [6, 6.07) is 5.67. The molecule has 3 amide bonds. The fourth-order valence-corrected chi connectivity index (χ4v) is 3.96. The monoisotopic (exact) mass is 400 g/mol. The van der Waals surface area contributed by atoms with E-state index in [4.69, 9.17) is 9.47 Å². The maximum absolute atomic E-state index is 12.4. The van der Waals surface area contributed by atoms with Crippen molar-refractivity contribution in [2.24, 2.45) is 11.8 Å². The number of carbonyl (C=O) groups excluding carboxylic acids is 3. The van der Waals surface area contributed by atoms with Gasteiger partial charge in [0, 0.05) is 19.5 Å². The first kappa shape index (κ1) is 20.9. The molecule has 0 aromatic heterocycles. The average Bonchev–Trinajstić information content (AvgIpc) is 2.98. The standard InChI is InChI=1S/C22H28N2O5/c1-28-18-10-9-15(14-19(18)29-2)11-12-23-20(25)8-5-13-24-21(26)16-6-3-4-7-17(16)22(24)27/h3-4,9-10,14,16-17H,5-8,11-13H2,1-2H3,(H,23,25)/t16-,17-/m0/s1. The molecule has 7 heteroatoms. The number of nitrogens with zero attached hydrogens (tertiary/aromatic N) is 1. The van der Waals surface area contributed by atoms with Crippen LogP contribution in [0.25, 0.3) is 0 Å². The van der Waals surface area contributed by atoms with Crippen molar-refractivity contribution in [2.45, 2.75) is 32.1 Å². The Morgan fingerprint density at radius 2 is 1.72 bits per heavy atom. The first-order chi connectivity index (χ1) is 14.0. The summed E-state index contributed by atoms with van der Waals surface area (Å²) in [6.45, 7) is 0.819. The second kappa shape index (κ2) is 9.58. The van der Waals surface area contributed by atoms with Gasteiger partial charge in [0.05, 0.1) is 26.1 Å². The largest absolute Gasteiger partial charge is 0.493 e. The topological polar surface area (TPSA) is 84.9 Å². The van der Waals surface area contributed by atoms with Crippen LogP contribution in [-0.4, -0.2) is 49.9 Å².